The molecule has 1 aliphatic carbocycles. The second kappa shape index (κ2) is 11.7. The van der Waals surface area contributed by atoms with Crippen molar-refractivity contribution in [1.82, 2.24) is 0 Å². The third kappa shape index (κ3) is 9.24. The summed E-state index contributed by atoms with van der Waals surface area (Å²) in [6.45, 7) is 2.26. The lowest BCUT2D eigenvalue weighted by Crippen LogP contribution is -2.18. The van der Waals surface area contributed by atoms with Gasteiger partial charge in [0, 0.05) is 0 Å². The standard InChI is InChI=1S/C19H34O3/c1-2-3-4-5-6-9-12-16-15-17(16)13-10-7-8-11-14-18(20)19(21)22/h18,20H,2-15H2,1H3,(H,21,22). The van der Waals surface area contributed by atoms with Crippen molar-refractivity contribution < 1.29 is 15.0 Å². The SMILES string of the molecule is CCCCCCCCC1=C(CCCCCCC(O)C(=O)O)C1. The number of unbranched alkanes of at least 4 members (excludes halogenated alkanes) is 8. The van der Waals surface area contributed by atoms with Crippen LogP contribution in [-0.4, -0.2) is 22.3 Å². The van der Waals surface area contributed by atoms with Crippen LogP contribution in [0.25, 0.3) is 0 Å². The minimum Gasteiger partial charge on any atom is -0.479 e. The van der Waals surface area contributed by atoms with E-state index in [1.165, 1.54) is 64.2 Å². The maximum atomic E-state index is 10.5. The zero-order valence-corrected chi connectivity index (χ0v) is 14.3. The molecule has 3 heteroatoms. The molecule has 3 nitrogen and oxygen atoms in total. The van der Waals surface area contributed by atoms with E-state index in [-0.39, 0.29) is 0 Å². The number of carboxylic acids is 1. The van der Waals surface area contributed by atoms with Gasteiger partial charge in [0.1, 0.15) is 0 Å². The molecule has 0 saturated carbocycles. The van der Waals surface area contributed by atoms with Gasteiger partial charge in [-0.3, -0.25) is 0 Å². The molecular formula is C19H34O3. The van der Waals surface area contributed by atoms with E-state index in [2.05, 4.69) is 6.92 Å². The molecule has 22 heavy (non-hydrogen) atoms. The summed E-state index contributed by atoms with van der Waals surface area (Å²) in [5.74, 6) is -1.09. The molecule has 1 atom stereocenters. The van der Waals surface area contributed by atoms with Crippen LogP contribution in [0.2, 0.25) is 0 Å². The highest BCUT2D eigenvalue weighted by Crippen LogP contribution is 2.38. The molecule has 0 radical (unpaired) electrons. The normalized spacial score (nSPS) is 15.2. The smallest absolute Gasteiger partial charge is 0.332 e. The Bertz CT molecular complexity index is 347. The van der Waals surface area contributed by atoms with Crippen molar-refractivity contribution in [1.29, 1.82) is 0 Å². The average molecular weight is 310 g/mol. The lowest BCUT2D eigenvalue weighted by Gasteiger charge is -2.04. The van der Waals surface area contributed by atoms with Gasteiger partial charge in [-0.05, 0) is 38.5 Å². The molecule has 0 fully saturated rings. The van der Waals surface area contributed by atoms with Gasteiger partial charge in [0.25, 0.3) is 0 Å². The van der Waals surface area contributed by atoms with Gasteiger partial charge in [0.15, 0.2) is 6.10 Å². The van der Waals surface area contributed by atoms with E-state index in [1.807, 2.05) is 0 Å². The van der Waals surface area contributed by atoms with Gasteiger partial charge in [-0.25, -0.2) is 4.79 Å². The number of aliphatic hydroxyl groups is 1. The first-order valence-corrected chi connectivity index (χ1v) is 9.25. The molecule has 0 aromatic carbocycles. The van der Waals surface area contributed by atoms with Gasteiger partial charge in [-0.1, -0.05) is 69.4 Å². The van der Waals surface area contributed by atoms with E-state index in [1.54, 1.807) is 11.1 Å². The molecule has 0 spiro atoms. The van der Waals surface area contributed by atoms with Gasteiger partial charge in [-0.2, -0.15) is 0 Å². The van der Waals surface area contributed by atoms with Crippen LogP contribution in [0.3, 0.4) is 0 Å². The minimum absolute atomic E-state index is 0.390. The molecule has 0 bridgehead atoms. The summed E-state index contributed by atoms with van der Waals surface area (Å²) in [6, 6.07) is 0. The highest BCUT2D eigenvalue weighted by molar-refractivity contribution is 5.71. The summed E-state index contributed by atoms with van der Waals surface area (Å²) in [5, 5.41) is 17.7. The third-order valence-electron chi connectivity index (χ3n) is 4.63. The number of carbonyl (C=O) groups is 1. The maximum absolute atomic E-state index is 10.5. The number of rotatable bonds is 15. The highest BCUT2D eigenvalue weighted by Gasteiger charge is 2.19. The van der Waals surface area contributed by atoms with Crippen LogP contribution in [0.15, 0.2) is 11.1 Å². The van der Waals surface area contributed by atoms with Crippen molar-refractivity contribution >= 4 is 5.97 Å². The van der Waals surface area contributed by atoms with Gasteiger partial charge < -0.3 is 10.2 Å². The van der Waals surface area contributed by atoms with Crippen LogP contribution in [0.5, 0.6) is 0 Å². The minimum atomic E-state index is -1.17. The van der Waals surface area contributed by atoms with E-state index in [0.717, 1.165) is 19.3 Å². The third-order valence-corrected chi connectivity index (χ3v) is 4.63. The Hall–Kier alpha value is -0.830. The largest absolute Gasteiger partial charge is 0.479 e. The highest BCUT2D eigenvalue weighted by atomic mass is 16.4. The number of aliphatic hydroxyl groups excluding tert-OH is 1. The zero-order valence-electron chi connectivity index (χ0n) is 14.3. The van der Waals surface area contributed by atoms with E-state index >= 15 is 0 Å². The second-order valence-electron chi connectivity index (χ2n) is 6.71. The van der Waals surface area contributed by atoms with Crippen molar-refractivity contribution in [2.75, 3.05) is 0 Å². The fraction of sp³-hybridized carbons (Fsp3) is 0.842. The zero-order chi connectivity index (χ0) is 16.2. The van der Waals surface area contributed by atoms with E-state index in [0.29, 0.717) is 6.42 Å². The molecule has 1 rings (SSSR count). The summed E-state index contributed by atoms with van der Waals surface area (Å²) in [7, 11) is 0. The lowest BCUT2D eigenvalue weighted by molar-refractivity contribution is -0.146. The van der Waals surface area contributed by atoms with Crippen LogP contribution in [0, 0.1) is 0 Å². The van der Waals surface area contributed by atoms with Crippen LogP contribution in [0.1, 0.15) is 96.8 Å². The van der Waals surface area contributed by atoms with E-state index in [9.17, 15) is 4.79 Å². The maximum Gasteiger partial charge on any atom is 0.332 e. The monoisotopic (exact) mass is 310 g/mol. The van der Waals surface area contributed by atoms with Crippen molar-refractivity contribution in [2.24, 2.45) is 0 Å². The van der Waals surface area contributed by atoms with E-state index in [4.69, 9.17) is 10.2 Å². The fourth-order valence-corrected chi connectivity index (χ4v) is 3.02. The quantitative estimate of drug-likeness (QED) is 0.322. The topological polar surface area (TPSA) is 57.5 Å². The summed E-state index contributed by atoms with van der Waals surface area (Å²) in [4.78, 5) is 10.5. The molecule has 1 aliphatic rings. The van der Waals surface area contributed by atoms with Crippen LogP contribution >= 0.6 is 0 Å². The van der Waals surface area contributed by atoms with Crippen LogP contribution in [-0.2, 0) is 4.79 Å². The van der Waals surface area contributed by atoms with Crippen molar-refractivity contribution in [3.63, 3.8) is 0 Å². The molecular weight excluding hydrogens is 276 g/mol. The number of hydrogen-bond donors (Lipinski definition) is 2. The fourth-order valence-electron chi connectivity index (χ4n) is 3.02. The molecule has 0 aliphatic heterocycles. The molecule has 0 aromatic rings. The van der Waals surface area contributed by atoms with Gasteiger partial charge in [0.2, 0.25) is 0 Å². The van der Waals surface area contributed by atoms with Crippen LogP contribution in [0.4, 0.5) is 0 Å². The second-order valence-corrected chi connectivity index (χ2v) is 6.71. The lowest BCUT2D eigenvalue weighted by atomic mass is 10.1. The number of aliphatic carboxylic acids is 1. The summed E-state index contributed by atoms with van der Waals surface area (Å²) in [5.41, 5.74) is 3.41. The van der Waals surface area contributed by atoms with Gasteiger partial charge >= 0.3 is 5.97 Å². The van der Waals surface area contributed by atoms with Gasteiger partial charge in [0.05, 0.1) is 0 Å². The molecule has 128 valence electrons. The average Bonchev–Trinajstić information content (AvgIpc) is 3.24. The molecule has 2 N–H and O–H groups in total. The molecule has 0 heterocycles. The first-order chi connectivity index (χ1) is 10.6. The first-order valence-electron chi connectivity index (χ1n) is 9.25. The molecule has 0 saturated heterocycles. The predicted octanol–water partition coefficient (Wildman–Crippen LogP) is 5.22. The van der Waals surface area contributed by atoms with Crippen LogP contribution < -0.4 is 0 Å². The summed E-state index contributed by atoms with van der Waals surface area (Å²) < 4.78 is 0. The number of allylic oxidation sites excluding steroid dienone is 2. The van der Waals surface area contributed by atoms with Crippen molar-refractivity contribution in [3.8, 4) is 0 Å². The number of hydrogen-bond acceptors (Lipinski definition) is 2. The molecule has 0 amide bonds. The Morgan fingerprint density at radius 2 is 1.41 bits per heavy atom. The summed E-state index contributed by atoms with van der Waals surface area (Å²) >= 11 is 0. The Morgan fingerprint density at radius 1 is 0.909 bits per heavy atom. The Kier molecular flexibility index (Phi) is 10.2. The Balaban J connectivity index is 1.88. The Labute approximate surface area is 135 Å². The molecule has 0 aromatic heterocycles. The Morgan fingerprint density at radius 3 is 1.95 bits per heavy atom. The molecule has 1 unspecified atom stereocenters. The van der Waals surface area contributed by atoms with E-state index < -0.39 is 12.1 Å². The first kappa shape index (κ1) is 19.2. The predicted molar refractivity (Wildman–Crippen MR) is 91.0 cm³/mol. The summed E-state index contributed by atoms with van der Waals surface area (Å²) in [6.07, 6.45) is 15.6. The van der Waals surface area contributed by atoms with Gasteiger partial charge in [-0.15, -0.1) is 0 Å². The van der Waals surface area contributed by atoms with Crippen molar-refractivity contribution in [2.45, 2.75) is 103 Å². The van der Waals surface area contributed by atoms with Crippen molar-refractivity contribution in [3.05, 3.63) is 11.1 Å². The number of carboxylic acid groups (broad SMARTS) is 1.